The molecule has 3 aromatic rings. The van der Waals surface area contributed by atoms with Crippen LogP contribution in [0.25, 0.3) is 11.1 Å². The number of carbonyl (C=O) groups excluding carboxylic acids is 1. The van der Waals surface area contributed by atoms with Crippen LogP contribution in [0.1, 0.15) is 164 Å². The lowest BCUT2D eigenvalue weighted by molar-refractivity contribution is 0.0627. The number of rotatable bonds is 25. The molecule has 0 heterocycles. The Labute approximate surface area is 281 Å². The summed E-state index contributed by atoms with van der Waals surface area (Å²) in [4.78, 5) is 12.8. The summed E-state index contributed by atoms with van der Waals surface area (Å²) >= 11 is 0. The fourth-order valence-electron chi connectivity index (χ4n) is 6.02. The Morgan fingerprint density at radius 3 is 1.50 bits per heavy atom. The van der Waals surface area contributed by atoms with Crippen molar-refractivity contribution in [3.8, 4) is 16.9 Å². The molecule has 0 radical (unpaired) electrons. The quantitative estimate of drug-likeness (QED) is 0.0533. The normalized spacial score (nSPS) is 11.9. The molecule has 252 valence electrons. The van der Waals surface area contributed by atoms with Gasteiger partial charge in [0.2, 0.25) is 0 Å². The Balaban J connectivity index is 1.23. The van der Waals surface area contributed by atoms with Gasteiger partial charge in [-0.15, -0.1) is 0 Å². The first-order valence-electron chi connectivity index (χ1n) is 18.7. The Morgan fingerprint density at radius 2 is 1.00 bits per heavy atom. The van der Waals surface area contributed by atoms with Gasteiger partial charge in [-0.1, -0.05) is 165 Å². The zero-order chi connectivity index (χ0) is 32.7. The lowest BCUT2D eigenvalue weighted by Crippen LogP contribution is -2.08. The molecule has 3 heteroatoms. The lowest BCUT2D eigenvalue weighted by atomic mass is 10.0. The second kappa shape index (κ2) is 23.4. The summed E-state index contributed by atoms with van der Waals surface area (Å²) in [6, 6.07) is 24.1. The van der Waals surface area contributed by atoms with E-state index in [1.165, 1.54) is 115 Å². The largest absolute Gasteiger partial charge is 0.423 e. The first-order valence-corrected chi connectivity index (χ1v) is 18.7. The lowest BCUT2D eigenvalue weighted by Gasteiger charge is -2.14. The van der Waals surface area contributed by atoms with E-state index in [1.807, 2.05) is 48.5 Å². The molecule has 0 N–H and O–H groups in total. The molecule has 0 aliphatic rings. The van der Waals surface area contributed by atoms with Crippen molar-refractivity contribution < 1.29 is 14.3 Å². The summed E-state index contributed by atoms with van der Waals surface area (Å²) in [6.07, 6.45) is 25.6. The van der Waals surface area contributed by atoms with Gasteiger partial charge < -0.3 is 9.47 Å². The molecule has 0 saturated heterocycles. The van der Waals surface area contributed by atoms with Crippen molar-refractivity contribution in [2.45, 2.75) is 149 Å². The number of benzene rings is 3. The summed E-state index contributed by atoms with van der Waals surface area (Å²) in [5, 5.41) is 0. The van der Waals surface area contributed by atoms with Crippen LogP contribution in [0.2, 0.25) is 0 Å². The molecular formula is C43H62O3. The molecule has 1 unspecified atom stereocenters. The standard InChI is InChI=1S/C43H62O3/c1-4-6-8-9-10-11-12-13-14-15-16-17-18-19-20-21-35-45-36(3)38-31-33-42(34-32-38)46-43(44)41-29-27-40(28-30-41)39-25-23-37(24-26-39)22-7-5-2/h23-34,36H,4-22,35H2,1-3H3. The highest BCUT2D eigenvalue weighted by molar-refractivity contribution is 5.91. The van der Waals surface area contributed by atoms with Crippen LogP contribution in [0, 0.1) is 0 Å². The Hall–Kier alpha value is -2.91. The van der Waals surface area contributed by atoms with Crippen molar-refractivity contribution >= 4 is 5.97 Å². The number of hydrogen-bond acceptors (Lipinski definition) is 3. The van der Waals surface area contributed by atoms with Crippen molar-refractivity contribution in [2.24, 2.45) is 0 Å². The van der Waals surface area contributed by atoms with E-state index in [9.17, 15) is 4.79 Å². The Bertz CT molecular complexity index is 1180. The summed E-state index contributed by atoms with van der Waals surface area (Å²) in [5.74, 6) is 0.201. The highest BCUT2D eigenvalue weighted by Crippen LogP contribution is 2.24. The minimum atomic E-state index is -0.345. The zero-order valence-electron chi connectivity index (χ0n) is 29.4. The van der Waals surface area contributed by atoms with E-state index in [0.717, 1.165) is 36.1 Å². The molecule has 0 aliphatic heterocycles. The maximum Gasteiger partial charge on any atom is 0.343 e. The molecule has 0 saturated carbocycles. The highest BCUT2D eigenvalue weighted by atomic mass is 16.5. The summed E-state index contributed by atoms with van der Waals surface area (Å²) < 4.78 is 11.8. The molecule has 0 bridgehead atoms. The maximum absolute atomic E-state index is 12.8. The monoisotopic (exact) mass is 626 g/mol. The fraction of sp³-hybridized carbons (Fsp3) is 0.558. The molecule has 46 heavy (non-hydrogen) atoms. The molecule has 1 atom stereocenters. The number of esters is 1. The van der Waals surface area contributed by atoms with Gasteiger partial charge in [-0.05, 0) is 72.7 Å². The van der Waals surface area contributed by atoms with Crippen LogP contribution < -0.4 is 4.74 Å². The molecule has 0 aromatic heterocycles. The zero-order valence-corrected chi connectivity index (χ0v) is 29.4. The van der Waals surface area contributed by atoms with Gasteiger partial charge in [0, 0.05) is 6.61 Å². The van der Waals surface area contributed by atoms with E-state index < -0.39 is 0 Å². The number of ether oxygens (including phenoxy) is 2. The molecule has 0 amide bonds. The third-order valence-electron chi connectivity index (χ3n) is 9.15. The SMILES string of the molecule is CCCCCCCCCCCCCCCCCCOC(C)c1ccc(OC(=O)c2ccc(-c3ccc(CCCC)cc3)cc2)cc1. The van der Waals surface area contributed by atoms with Gasteiger partial charge in [-0.25, -0.2) is 4.79 Å². The summed E-state index contributed by atoms with van der Waals surface area (Å²) in [7, 11) is 0. The average Bonchev–Trinajstić information content (AvgIpc) is 3.09. The van der Waals surface area contributed by atoms with E-state index >= 15 is 0 Å². The van der Waals surface area contributed by atoms with E-state index in [-0.39, 0.29) is 12.1 Å². The topological polar surface area (TPSA) is 35.5 Å². The molecular weight excluding hydrogens is 564 g/mol. The number of carbonyl (C=O) groups is 1. The molecule has 0 spiro atoms. The Kier molecular flexibility index (Phi) is 19.1. The van der Waals surface area contributed by atoms with Crippen molar-refractivity contribution in [2.75, 3.05) is 6.61 Å². The van der Waals surface area contributed by atoms with Crippen molar-refractivity contribution in [3.63, 3.8) is 0 Å². The first kappa shape index (κ1) is 37.5. The molecule has 0 fully saturated rings. The third-order valence-corrected chi connectivity index (χ3v) is 9.15. The minimum Gasteiger partial charge on any atom is -0.423 e. The molecule has 0 aliphatic carbocycles. The van der Waals surface area contributed by atoms with Gasteiger partial charge in [0.15, 0.2) is 0 Å². The number of hydrogen-bond donors (Lipinski definition) is 0. The van der Waals surface area contributed by atoms with Crippen LogP contribution >= 0.6 is 0 Å². The maximum atomic E-state index is 12.8. The van der Waals surface area contributed by atoms with Gasteiger partial charge in [0.1, 0.15) is 5.75 Å². The predicted octanol–water partition coefficient (Wildman–Crippen LogP) is 13.3. The third kappa shape index (κ3) is 15.1. The first-order chi connectivity index (χ1) is 22.6. The summed E-state index contributed by atoms with van der Waals surface area (Å²) in [5.41, 5.74) is 5.26. The predicted molar refractivity (Wildman–Crippen MR) is 196 cm³/mol. The summed E-state index contributed by atoms with van der Waals surface area (Å²) in [6.45, 7) is 7.38. The number of aryl methyl sites for hydroxylation is 1. The Morgan fingerprint density at radius 1 is 0.543 bits per heavy atom. The minimum absolute atomic E-state index is 0.0225. The fourth-order valence-corrected chi connectivity index (χ4v) is 6.02. The van der Waals surface area contributed by atoms with Crippen LogP contribution in [0.15, 0.2) is 72.8 Å². The van der Waals surface area contributed by atoms with Crippen molar-refractivity contribution in [1.82, 2.24) is 0 Å². The second-order valence-corrected chi connectivity index (χ2v) is 13.2. The van der Waals surface area contributed by atoms with Crippen LogP contribution in [-0.2, 0) is 11.2 Å². The highest BCUT2D eigenvalue weighted by Gasteiger charge is 2.11. The van der Waals surface area contributed by atoms with Crippen molar-refractivity contribution in [1.29, 1.82) is 0 Å². The van der Waals surface area contributed by atoms with Crippen LogP contribution in [-0.4, -0.2) is 12.6 Å². The van der Waals surface area contributed by atoms with E-state index in [1.54, 1.807) is 0 Å². The van der Waals surface area contributed by atoms with Gasteiger partial charge in [-0.2, -0.15) is 0 Å². The van der Waals surface area contributed by atoms with Gasteiger partial charge in [-0.3, -0.25) is 0 Å². The van der Waals surface area contributed by atoms with Crippen LogP contribution in [0.5, 0.6) is 5.75 Å². The van der Waals surface area contributed by atoms with Gasteiger partial charge >= 0.3 is 5.97 Å². The van der Waals surface area contributed by atoms with Gasteiger partial charge in [0.05, 0.1) is 11.7 Å². The van der Waals surface area contributed by atoms with Crippen LogP contribution in [0.4, 0.5) is 0 Å². The van der Waals surface area contributed by atoms with Crippen molar-refractivity contribution in [3.05, 3.63) is 89.5 Å². The molecule has 3 aromatic carbocycles. The van der Waals surface area contributed by atoms with Gasteiger partial charge in [0.25, 0.3) is 0 Å². The second-order valence-electron chi connectivity index (χ2n) is 13.2. The van der Waals surface area contributed by atoms with E-state index in [2.05, 4.69) is 45.0 Å². The average molecular weight is 627 g/mol. The van der Waals surface area contributed by atoms with Crippen LogP contribution in [0.3, 0.4) is 0 Å². The van der Waals surface area contributed by atoms with E-state index in [0.29, 0.717) is 11.3 Å². The molecule has 3 rings (SSSR count). The van der Waals surface area contributed by atoms with E-state index in [4.69, 9.17) is 9.47 Å². The number of unbranched alkanes of at least 4 members (excludes halogenated alkanes) is 16. The smallest absolute Gasteiger partial charge is 0.343 e. The molecule has 3 nitrogen and oxygen atoms in total.